The minimum Gasteiger partial charge on any atom is -0.334 e. The average molecular weight is 182 g/mol. The van der Waals surface area contributed by atoms with E-state index in [0.717, 1.165) is 0 Å². The molecule has 0 fully saturated rings. The number of amides is 1. The summed E-state index contributed by atoms with van der Waals surface area (Å²) in [5.41, 5.74) is -0.0351. The first-order valence-electron chi connectivity index (χ1n) is 4.29. The molecule has 0 atom stereocenters. The number of rotatable bonds is 3. The predicted molar refractivity (Wildman–Crippen MR) is 54.2 cm³/mol. The molecule has 0 spiro atoms. The van der Waals surface area contributed by atoms with E-state index < -0.39 is 0 Å². The van der Waals surface area contributed by atoms with Crippen LogP contribution in [0.2, 0.25) is 0 Å². The Bertz CT molecular complexity index is 210. The van der Waals surface area contributed by atoms with Crippen molar-refractivity contribution < 1.29 is 4.79 Å². The Kier molecular flexibility index (Phi) is 4.50. The molecule has 3 heteroatoms. The minimum atomic E-state index is -0.0351. The van der Waals surface area contributed by atoms with Gasteiger partial charge in [0.25, 0.3) is 0 Å². The van der Waals surface area contributed by atoms with Gasteiger partial charge in [0, 0.05) is 12.6 Å². The number of carbonyl (C=O) groups excluding carboxylic acids is 1. The molecule has 0 aromatic rings. The molecule has 1 amide bonds. The van der Waals surface area contributed by atoms with Crippen molar-refractivity contribution in [3.05, 3.63) is 0 Å². The van der Waals surface area contributed by atoms with Crippen molar-refractivity contribution in [3.8, 4) is 12.3 Å². The van der Waals surface area contributed by atoms with Gasteiger partial charge in [-0.15, -0.1) is 6.42 Å². The molecule has 74 valence electrons. The van der Waals surface area contributed by atoms with Crippen LogP contribution in [-0.4, -0.2) is 36.5 Å². The Morgan fingerprint density at radius 3 is 2.46 bits per heavy atom. The molecule has 0 radical (unpaired) electrons. The van der Waals surface area contributed by atoms with Gasteiger partial charge in [-0.1, -0.05) is 5.92 Å². The molecule has 0 aliphatic rings. The summed E-state index contributed by atoms with van der Waals surface area (Å²) in [4.78, 5) is 12.9. The van der Waals surface area contributed by atoms with E-state index in [0.29, 0.717) is 13.1 Å². The van der Waals surface area contributed by atoms with Gasteiger partial charge in [0.15, 0.2) is 0 Å². The molecule has 13 heavy (non-hydrogen) atoms. The van der Waals surface area contributed by atoms with Gasteiger partial charge in [-0.3, -0.25) is 4.79 Å². The number of terminal acetylenes is 1. The quantitative estimate of drug-likeness (QED) is 0.643. The van der Waals surface area contributed by atoms with E-state index in [9.17, 15) is 4.79 Å². The van der Waals surface area contributed by atoms with Crippen LogP contribution in [0, 0.1) is 12.3 Å². The predicted octanol–water partition coefficient (Wildman–Crippen LogP) is 0.466. The van der Waals surface area contributed by atoms with E-state index >= 15 is 0 Å². The van der Waals surface area contributed by atoms with Gasteiger partial charge in [0.05, 0.1) is 13.1 Å². The largest absolute Gasteiger partial charge is 0.334 e. The number of nitrogens with zero attached hydrogens (tertiary/aromatic N) is 1. The second-order valence-corrected chi connectivity index (χ2v) is 4.06. The summed E-state index contributed by atoms with van der Waals surface area (Å²) in [6.07, 6.45) is 5.08. The molecule has 0 aliphatic heterocycles. The van der Waals surface area contributed by atoms with E-state index in [2.05, 4.69) is 11.2 Å². The topological polar surface area (TPSA) is 32.3 Å². The first kappa shape index (κ1) is 12.0. The first-order chi connectivity index (χ1) is 5.87. The van der Waals surface area contributed by atoms with Crippen LogP contribution < -0.4 is 5.32 Å². The summed E-state index contributed by atoms with van der Waals surface area (Å²) < 4.78 is 0. The summed E-state index contributed by atoms with van der Waals surface area (Å²) >= 11 is 0. The van der Waals surface area contributed by atoms with Crippen molar-refractivity contribution in [1.82, 2.24) is 10.2 Å². The molecule has 3 nitrogen and oxygen atoms in total. The van der Waals surface area contributed by atoms with Crippen molar-refractivity contribution in [2.45, 2.75) is 26.3 Å². The van der Waals surface area contributed by atoms with Gasteiger partial charge in [0.2, 0.25) is 5.91 Å². The van der Waals surface area contributed by atoms with Gasteiger partial charge in [-0.05, 0) is 20.8 Å². The first-order valence-corrected chi connectivity index (χ1v) is 4.29. The zero-order valence-corrected chi connectivity index (χ0v) is 8.85. The molecule has 0 aromatic heterocycles. The highest BCUT2D eigenvalue weighted by molar-refractivity contribution is 5.78. The van der Waals surface area contributed by atoms with Gasteiger partial charge >= 0.3 is 0 Å². The van der Waals surface area contributed by atoms with Crippen LogP contribution in [0.15, 0.2) is 0 Å². The van der Waals surface area contributed by atoms with Crippen LogP contribution >= 0.6 is 0 Å². The minimum absolute atomic E-state index is 0.0212. The van der Waals surface area contributed by atoms with E-state index in [1.165, 1.54) is 4.90 Å². The van der Waals surface area contributed by atoms with Crippen molar-refractivity contribution in [2.24, 2.45) is 0 Å². The van der Waals surface area contributed by atoms with Gasteiger partial charge < -0.3 is 10.2 Å². The maximum atomic E-state index is 11.3. The number of likely N-dealkylation sites (N-methyl/N-ethyl adjacent to an activating group) is 1. The van der Waals surface area contributed by atoms with Crippen LogP contribution in [-0.2, 0) is 4.79 Å². The monoisotopic (exact) mass is 182 g/mol. The average Bonchev–Trinajstić information content (AvgIpc) is 1.99. The van der Waals surface area contributed by atoms with Crippen molar-refractivity contribution in [1.29, 1.82) is 0 Å². The van der Waals surface area contributed by atoms with E-state index in [1.54, 1.807) is 7.05 Å². The summed E-state index contributed by atoms with van der Waals surface area (Å²) in [7, 11) is 1.70. The van der Waals surface area contributed by atoms with Crippen molar-refractivity contribution in [2.75, 3.05) is 20.1 Å². The molecule has 0 saturated heterocycles. The SMILES string of the molecule is C#CCN(C)C(=O)CNC(C)(C)C. The maximum absolute atomic E-state index is 11.3. The number of nitrogens with one attached hydrogen (secondary N) is 1. The highest BCUT2D eigenvalue weighted by Crippen LogP contribution is 1.97. The second-order valence-electron chi connectivity index (χ2n) is 4.06. The van der Waals surface area contributed by atoms with E-state index in [1.807, 2.05) is 20.8 Å². The molecular formula is C10H18N2O. The van der Waals surface area contributed by atoms with Crippen LogP contribution in [0.25, 0.3) is 0 Å². The third-order valence-electron chi connectivity index (χ3n) is 1.52. The van der Waals surface area contributed by atoms with Crippen LogP contribution in [0.4, 0.5) is 0 Å². The third-order valence-corrected chi connectivity index (χ3v) is 1.52. The highest BCUT2D eigenvalue weighted by atomic mass is 16.2. The van der Waals surface area contributed by atoms with Crippen molar-refractivity contribution in [3.63, 3.8) is 0 Å². The highest BCUT2D eigenvalue weighted by Gasteiger charge is 2.13. The molecule has 0 saturated carbocycles. The fourth-order valence-electron chi connectivity index (χ4n) is 0.701. The lowest BCUT2D eigenvalue weighted by Crippen LogP contribution is -2.43. The lowest BCUT2D eigenvalue weighted by molar-refractivity contribution is -0.128. The Balaban J connectivity index is 3.83. The molecule has 1 N–H and O–H groups in total. The molecule has 0 aliphatic carbocycles. The van der Waals surface area contributed by atoms with E-state index in [4.69, 9.17) is 6.42 Å². The van der Waals surface area contributed by atoms with Crippen LogP contribution in [0.1, 0.15) is 20.8 Å². The zero-order valence-electron chi connectivity index (χ0n) is 8.85. The second kappa shape index (κ2) is 4.88. The summed E-state index contributed by atoms with van der Waals surface area (Å²) in [5.74, 6) is 2.44. The lowest BCUT2D eigenvalue weighted by atomic mass is 10.1. The Morgan fingerprint density at radius 2 is 2.08 bits per heavy atom. The smallest absolute Gasteiger partial charge is 0.237 e. The van der Waals surface area contributed by atoms with E-state index in [-0.39, 0.29) is 11.4 Å². The van der Waals surface area contributed by atoms with Gasteiger partial charge in [0.1, 0.15) is 0 Å². The fraction of sp³-hybridized carbons (Fsp3) is 0.700. The lowest BCUT2D eigenvalue weighted by Gasteiger charge is -2.22. The molecule has 0 heterocycles. The third kappa shape index (κ3) is 6.18. The van der Waals surface area contributed by atoms with Crippen molar-refractivity contribution >= 4 is 5.91 Å². The maximum Gasteiger partial charge on any atom is 0.237 e. The molecular weight excluding hydrogens is 164 g/mol. The number of hydrogen-bond acceptors (Lipinski definition) is 2. The zero-order chi connectivity index (χ0) is 10.5. The standard InChI is InChI=1S/C10H18N2O/c1-6-7-12(5)9(13)8-11-10(2,3)4/h1,11H,7-8H2,2-5H3. The fourth-order valence-corrected chi connectivity index (χ4v) is 0.701. The normalized spacial score (nSPS) is 10.7. The Hall–Kier alpha value is -1.01. The Morgan fingerprint density at radius 1 is 1.54 bits per heavy atom. The molecule has 0 aromatic carbocycles. The van der Waals surface area contributed by atoms with Gasteiger partial charge in [-0.25, -0.2) is 0 Å². The number of carbonyl (C=O) groups is 1. The summed E-state index contributed by atoms with van der Waals surface area (Å²) in [5, 5.41) is 3.10. The van der Waals surface area contributed by atoms with Crippen LogP contribution in [0.5, 0.6) is 0 Å². The molecule has 0 unspecified atom stereocenters. The van der Waals surface area contributed by atoms with Crippen LogP contribution in [0.3, 0.4) is 0 Å². The summed E-state index contributed by atoms with van der Waals surface area (Å²) in [6, 6.07) is 0. The number of hydrogen-bond donors (Lipinski definition) is 1. The van der Waals surface area contributed by atoms with Gasteiger partial charge in [-0.2, -0.15) is 0 Å². The summed E-state index contributed by atoms with van der Waals surface area (Å²) in [6.45, 7) is 6.75. The molecule has 0 rings (SSSR count). The Labute approximate surface area is 80.5 Å². The molecule has 0 bridgehead atoms.